The first kappa shape index (κ1) is 7.40. The second kappa shape index (κ2) is 2.37. The molecule has 0 saturated heterocycles. The van der Waals surface area contributed by atoms with Crippen molar-refractivity contribution >= 4 is 11.7 Å². The number of rotatable bonds is 1. The van der Waals surface area contributed by atoms with E-state index >= 15 is 0 Å². The van der Waals surface area contributed by atoms with Gasteiger partial charge in [0.25, 0.3) is 5.78 Å². The highest BCUT2D eigenvalue weighted by Gasteiger charge is 2.07. The number of carbonyl (C=O) groups is 1. The average Bonchev–Trinajstić information content (AvgIpc) is 2.42. The molecule has 0 aromatic carbocycles. The number of fused-ring (bicyclic) bond motifs is 1. The molecule has 8 heteroatoms. The van der Waals surface area contributed by atoms with Crippen molar-refractivity contribution in [3.8, 4) is 0 Å². The SMILES string of the molecule is O=C(O)c1cn2[nH]c(=O)nc2nn1. The molecular weight excluding hydrogens is 178 g/mol. The second-order valence-corrected chi connectivity index (χ2v) is 2.22. The molecule has 66 valence electrons. The van der Waals surface area contributed by atoms with E-state index in [0.717, 1.165) is 10.7 Å². The number of aromatic amines is 1. The molecule has 0 fully saturated rings. The summed E-state index contributed by atoms with van der Waals surface area (Å²) in [7, 11) is 0. The van der Waals surface area contributed by atoms with Gasteiger partial charge in [0.2, 0.25) is 0 Å². The van der Waals surface area contributed by atoms with Crippen LogP contribution in [0.5, 0.6) is 0 Å². The van der Waals surface area contributed by atoms with Crippen LogP contribution in [0.3, 0.4) is 0 Å². The number of carboxylic acid groups (broad SMARTS) is 1. The predicted molar refractivity (Wildman–Crippen MR) is 38.4 cm³/mol. The van der Waals surface area contributed by atoms with Gasteiger partial charge >= 0.3 is 11.7 Å². The zero-order valence-electron chi connectivity index (χ0n) is 6.13. The zero-order chi connectivity index (χ0) is 9.42. The smallest absolute Gasteiger partial charge is 0.363 e. The van der Waals surface area contributed by atoms with Gasteiger partial charge in [-0.15, -0.1) is 10.2 Å². The number of aromatic nitrogens is 5. The quantitative estimate of drug-likeness (QED) is 0.554. The van der Waals surface area contributed by atoms with E-state index < -0.39 is 11.7 Å². The van der Waals surface area contributed by atoms with Gasteiger partial charge < -0.3 is 5.11 Å². The van der Waals surface area contributed by atoms with Gasteiger partial charge in [-0.25, -0.2) is 19.2 Å². The fraction of sp³-hybridized carbons (Fsp3) is 0. The largest absolute Gasteiger partial charge is 0.476 e. The maximum absolute atomic E-state index is 10.7. The number of aromatic carboxylic acids is 1. The van der Waals surface area contributed by atoms with Crippen LogP contribution < -0.4 is 5.69 Å². The first-order valence-corrected chi connectivity index (χ1v) is 3.22. The van der Waals surface area contributed by atoms with E-state index in [2.05, 4.69) is 20.3 Å². The summed E-state index contributed by atoms with van der Waals surface area (Å²) in [5, 5.41) is 17.5. The molecule has 0 amide bonds. The number of hydrogen-bond acceptors (Lipinski definition) is 5. The van der Waals surface area contributed by atoms with Gasteiger partial charge in [-0.3, -0.25) is 0 Å². The van der Waals surface area contributed by atoms with Crippen LogP contribution in [-0.2, 0) is 0 Å². The third-order valence-corrected chi connectivity index (χ3v) is 1.35. The molecule has 13 heavy (non-hydrogen) atoms. The minimum absolute atomic E-state index is 0.0370. The zero-order valence-corrected chi connectivity index (χ0v) is 6.13. The monoisotopic (exact) mass is 181 g/mol. The Bertz CT molecular complexity index is 526. The minimum atomic E-state index is -1.22. The van der Waals surface area contributed by atoms with E-state index in [1.807, 2.05) is 0 Å². The molecule has 0 aliphatic rings. The van der Waals surface area contributed by atoms with Crippen molar-refractivity contribution in [1.29, 1.82) is 0 Å². The summed E-state index contributed by atoms with van der Waals surface area (Å²) in [4.78, 5) is 24.5. The van der Waals surface area contributed by atoms with Gasteiger partial charge in [-0.2, -0.15) is 4.98 Å². The Morgan fingerprint density at radius 3 is 3.00 bits per heavy atom. The molecule has 2 heterocycles. The van der Waals surface area contributed by atoms with Crippen molar-refractivity contribution in [2.24, 2.45) is 0 Å². The lowest BCUT2D eigenvalue weighted by atomic mass is 10.5. The Hall–Kier alpha value is -2.25. The number of carboxylic acids is 1. The van der Waals surface area contributed by atoms with Crippen molar-refractivity contribution in [1.82, 2.24) is 24.8 Å². The van der Waals surface area contributed by atoms with Crippen LogP contribution in [0.15, 0.2) is 11.0 Å². The van der Waals surface area contributed by atoms with E-state index in [0.29, 0.717) is 0 Å². The van der Waals surface area contributed by atoms with Crippen molar-refractivity contribution in [2.45, 2.75) is 0 Å². The van der Waals surface area contributed by atoms with E-state index in [9.17, 15) is 9.59 Å². The summed E-state index contributed by atoms with van der Waals surface area (Å²) in [6.07, 6.45) is 1.12. The lowest BCUT2D eigenvalue weighted by molar-refractivity contribution is 0.0688. The molecule has 0 unspecified atom stereocenters. The van der Waals surface area contributed by atoms with Crippen LogP contribution in [0, 0.1) is 0 Å². The van der Waals surface area contributed by atoms with E-state index in [-0.39, 0.29) is 11.5 Å². The van der Waals surface area contributed by atoms with Gasteiger partial charge in [0.05, 0.1) is 6.20 Å². The summed E-state index contributed by atoms with van der Waals surface area (Å²) >= 11 is 0. The number of nitrogens with zero attached hydrogens (tertiary/aromatic N) is 4. The Kier molecular flexibility index (Phi) is 1.35. The molecule has 0 aliphatic heterocycles. The van der Waals surface area contributed by atoms with Gasteiger partial charge in [-0.05, 0) is 0 Å². The molecule has 8 nitrogen and oxygen atoms in total. The summed E-state index contributed by atoms with van der Waals surface area (Å²) in [6.45, 7) is 0. The maximum atomic E-state index is 10.7. The molecule has 0 atom stereocenters. The molecule has 0 bridgehead atoms. The highest BCUT2D eigenvalue weighted by Crippen LogP contribution is 1.92. The van der Waals surface area contributed by atoms with Crippen LogP contribution in [0.1, 0.15) is 10.5 Å². The second-order valence-electron chi connectivity index (χ2n) is 2.22. The first-order chi connectivity index (χ1) is 6.16. The van der Waals surface area contributed by atoms with Gasteiger partial charge in [0, 0.05) is 0 Å². The Morgan fingerprint density at radius 2 is 2.31 bits per heavy atom. The van der Waals surface area contributed by atoms with Crippen LogP contribution in [0.2, 0.25) is 0 Å². The van der Waals surface area contributed by atoms with Crippen molar-refractivity contribution in [3.05, 3.63) is 22.4 Å². The molecule has 0 radical (unpaired) electrons. The van der Waals surface area contributed by atoms with Crippen LogP contribution in [0.4, 0.5) is 0 Å². The van der Waals surface area contributed by atoms with Crippen molar-refractivity contribution < 1.29 is 9.90 Å². The molecule has 2 rings (SSSR count). The maximum Gasteiger partial charge on any atom is 0.363 e. The first-order valence-electron chi connectivity index (χ1n) is 3.22. The molecule has 2 N–H and O–H groups in total. The van der Waals surface area contributed by atoms with Gasteiger partial charge in [0.1, 0.15) is 0 Å². The van der Waals surface area contributed by atoms with Crippen molar-refractivity contribution in [3.63, 3.8) is 0 Å². The van der Waals surface area contributed by atoms with Crippen LogP contribution in [0.25, 0.3) is 5.78 Å². The van der Waals surface area contributed by atoms with Gasteiger partial charge in [0.15, 0.2) is 5.69 Å². The van der Waals surface area contributed by atoms with Crippen LogP contribution >= 0.6 is 0 Å². The summed E-state index contributed by atoms with van der Waals surface area (Å²) in [5.41, 5.74) is -0.863. The molecule has 0 spiro atoms. The van der Waals surface area contributed by atoms with E-state index in [1.54, 1.807) is 0 Å². The normalized spacial score (nSPS) is 10.5. The standard InChI is InChI=1S/C5H3N5O3/c11-3(12)2-1-10-4(8-7-2)6-5(13)9-10/h1H,(H,9,13)(H,11,12). The molecule has 2 aromatic rings. The number of hydrogen-bond donors (Lipinski definition) is 2. The minimum Gasteiger partial charge on any atom is -0.476 e. The summed E-state index contributed by atoms with van der Waals surface area (Å²) < 4.78 is 1.10. The molecule has 0 aliphatic carbocycles. The molecule has 2 aromatic heterocycles. The third kappa shape index (κ3) is 1.13. The van der Waals surface area contributed by atoms with E-state index in [1.165, 1.54) is 0 Å². The van der Waals surface area contributed by atoms with Gasteiger partial charge in [-0.1, -0.05) is 0 Å². The fourth-order valence-electron chi connectivity index (χ4n) is 0.828. The van der Waals surface area contributed by atoms with Crippen molar-refractivity contribution in [2.75, 3.05) is 0 Å². The summed E-state index contributed by atoms with van der Waals surface area (Å²) in [6, 6.07) is 0. The Balaban J connectivity index is 2.74. The van der Waals surface area contributed by atoms with E-state index in [4.69, 9.17) is 5.11 Å². The predicted octanol–water partition coefficient (Wildman–Crippen LogP) is -1.49. The van der Waals surface area contributed by atoms with Crippen LogP contribution in [-0.4, -0.2) is 35.9 Å². The lowest BCUT2D eigenvalue weighted by Gasteiger charge is -1.91. The molecular formula is C5H3N5O3. The number of H-pyrrole nitrogens is 1. The topological polar surface area (TPSA) is 113 Å². The fourth-order valence-corrected chi connectivity index (χ4v) is 0.828. The average molecular weight is 181 g/mol. The third-order valence-electron chi connectivity index (χ3n) is 1.35. The lowest BCUT2D eigenvalue weighted by Crippen LogP contribution is -2.06. The Morgan fingerprint density at radius 1 is 1.54 bits per heavy atom. The highest BCUT2D eigenvalue weighted by atomic mass is 16.4. The Labute approximate surface area is 69.8 Å². The summed E-state index contributed by atoms with van der Waals surface area (Å²) in [5.74, 6) is -1.18. The highest BCUT2D eigenvalue weighted by molar-refractivity contribution is 5.84. The molecule has 0 saturated carbocycles. The number of nitrogens with one attached hydrogen (secondary N) is 1.